The molecule has 1 heteroatoms. The van der Waals surface area contributed by atoms with Gasteiger partial charge in [0.15, 0.2) is 0 Å². The molecule has 0 unspecified atom stereocenters. The molecular weight excluding hydrogens is 292 g/mol. The lowest BCUT2D eigenvalue weighted by Crippen LogP contribution is -1.91. The minimum absolute atomic E-state index is 0.167. The highest BCUT2D eigenvalue weighted by Crippen LogP contribution is 2.10. The summed E-state index contributed by atoms with van der Waals surface area (Å²) in [6.45, 7) is 24.7. The Morgan fingerprint density at radius 3 is 1.21 bits per heavy atom. The molecule has 0 bridgehead atoms. The summed E-state index contributed by atoms with van der Waals surface area (Å²) in [6, 6.07) is 0. The maximum absolute atomic E-state index is 9.44. The van der Waals surface area contributed by atoms with Crippen LogP contribution in [0.3, 0.4) is 0 Å². The molecule has 0 aromatic rings. The first-order valence-corrected chi connectivity index (χ1v) is 10.8. The first-order chi connectivity index (χ1) is 11.3. The SMILES string of the molecule is CC.CC.CC(C)=O.CCCC(C)CCC.CCCCCC(C)C. The van der Waals surface area contributed by atoms with Gasteiger partial charge in [0, 0.05) is 0 Å². The van der Waals surface area contributed by atoms with Crippen molar-refractivity contribution in [3.63, 3.8) is 0 Å². The normalized spacial score (nSPS) is 8.58. The molecule has 0 rings (SSSR count). The topological polar surface area (TPSA) is 17.1 Å². The fourth-order valence-corrected chi connectivity index (χ4v) is 1.93. The Balaban J connectivity index is -0.0000000707. The average molecular weight is 347 g/mol. The number of Topliss-reactive ketones (excluding diaryl/α,β-unsaturated/α-hetero) is 1. The van der Waals surface area contributed by atoms with Crippen molar-refractivity contribution >= 4 is 5.78 Å². The molecule has 0 aliphatic heterocycles. The molecule has 0 saturated heterocycles. The van der Waals surface area contributed by atoms with E-state index in [0.717, 1.165) is 11.8 Å². The van der Waals surface area contributed by atoms with Crippen LogP contribution in [-0.4, -0.2) is 5.78 Å². The first-order valence-electron chi connectivity index (χ1n) is 10.8. The minimum Gasteiger partial charge on any atom is -0.300 e. The summed E-state index contributed by atoms with van der Waals surface area (Å²) in [5.74, 6) is 2.03. The van der Waals surface area contributed by atoms with Gasteiger partial charge in [-0.2, -0.15) is 0 Å². The van der Waals surface area contributed by atoms with E-state index in [2.05, 4.69) is 41.5 Å². The molecule has 0 spiro atoms. The molecule has 0 amide bonds. The summed E-state index contributed by atoms with van der Waals surface area (Å²) < 4.78 is 0. The largest absolute Gasteiger partial charge is 0.300 e. The van der Waals surface area contributed by atoms with Gasteiger partial charge in [-0.05, 0) is 25.7 Å². The molecule has 24 heavy (non-hydrogen) atoms. The fourth-order valence-electron chi connectivity index (χ4n) is 1.93. The second kappa shape index (κ2) is 38.3. The zero-order valence-electron chi connectivity index (χ0n) is 19.7. The van der Waals surface area contributed by atoms with Gasteiger partial charge < -0.3 is 4.79 Å². The molecule has 0 atom stereocenters. The molecule has 0 N–H and O–H groups in total. The standard InChI is InChI=1S/2C8H18.C3H6O.2C2H6/c1-4-5-6-7-8(2)3;1-4-6-8(3)7-5-2;1-3(2)4;2*1-2/h2*8H,4-7H2,1-3H3;1-2H3;2*1-2H3. The summed E-state index contributed by atoms with van der Waals surface area (Å²) in [6.07, 6.45) is 11.1. The lowest BCUT2D eigenvalue weighted by atomic mass is 10.0. The van der Waals surface area contributed by atoms with E-state index in [9.17, 15) is 4.79 Å². The highest BCUT2D eigenvalue weighted by Gasteiger charge is 1.95. The van der Waals surface area contributed by atoms with E-state index in [1.807, 2.05) is 27.7 Å². The van der Waals surface area contributed by atoms with E-state index in [4.69, 9.17) is 0 Å². The monoisotopic (exact) mass is 346 g/mol. The summed E-state index contributed by atoms with van der Waals surface area (Å²) in [4.78, 5) is 9.44. The van der Waals surface area contributed by atoms with Gasteiger partial charge in [0.05, 0.1) is 0 Å². The molecule has 0 radical (unpaired) electrons. The van der Waals surface area contributed by atoms with Crippen LogP contribution in [-0.2, 0) is 4.79 Å². The summed E-state index contributed by atoms with van der Waals surface area (Å²) in [7, 11) is 0. The molecule has 152 valence electrons. The lowest BCUT2D eigenvalue weighted by Gasteiger charge is -2.05. The van der Waals surface area contributed by atoms with Crippen molar-refractivity contribution in [3.05, 3.63) is 0 Å². The third kappa shape index (κ3) is 81.3. The van der Waals surface area contributed by atoms with Gasteiger partial charge in [-0.3, -0.25) is 0 Å². The third-order valence-electron chi connectivity index (χ3n) is 2.95. The van der Waals surface area contributed by atoms with Crippen molar-refractivity contribution in [2.24, 2.45) is 11.8 Å². The van der Waals surface area contributed by atoms with Crippen molar-refractivity contribution in [2.45, 2.75) is 134 Å². The zero-order valence-corrected chi connectivity index (χ0v) is 19.7. The van der Waals surface area contributed by atoms with Gasteiger partial charge in [0.1, 0.15) is 5.78 Å². The van der Waals surface area contributed by atoms with Gasteiger partial charge in [0.25, 0.3) is 0 Å². The molecule has 0 aliphatic rings. The predicted molar refractivity (Wildman–Crippen MR) is 117 cm³/mol. The molecule has 0 aromatic carbocycles. The second-order valence-electron chi connectivity index (χ2n) is 6.48. The number of unbranched alkanes of at least 4 members (excludes halogenated alkanes) is 2. The molecule has 0 aliphatic carbocycles. The highest BCUT2D eigenvalue weighted by molar-refractivity contribution is 5.72. The Hall–Kier alpha value is -0.330. The van der Waals surface area contributed by atoms with Gasteiger partial charge in [-0.15, -0.1) is 0 Å². The summed E-state index contributed by atoms with van der Waals surface area (Å²) >= 11 is 0. The van der Waals surface area contributed by atoms with E-state index >= 15 is 0 Å². The minimum atomic E-state index is 0.167. The molecule has 1 nitrogen and oxygen atoms in total. The summed E-state index contributed by atoms with van der Waals surface area (Å²) in [5.41, 5.74) is 0. The van der Waals surface area contributed by atoms with Crippen LogP contribution in [0.4, 0.5) is 0 Å². The van der Waals surface area contributed by atoms with E-state index < -0.39 is 0 Å². The average Bonchev–Trinajstić information content (AvgIpc) is 2.52. The van der Waals surface area contributed by atoms with Crippen molar-refractivity contribution in [1.82, 2.24) is 0 Å². The van der Waals surface area contributed by atoms with Crippen LogP contribution in [0.5, 0.6) is 0 Å². The molecule has 0 heterocycles. The maximum atomic E-state index is 9.44. The Morgan fingerprint density at radius 2 is 1.00 bits per heavy atom. The van der Waals surface area contributed by atoms with Crippen molar-refractivity contribution in [2.75, 3.05) is 0 Å². The van der Waals surface area contributed by atoms with E-state index in [1.54, 1.807) is 0 Å². The molecule has 0 saturated carbocycles. The Labute approximate surface area is 157 Å². The first kappa shape index (κ1) is 34.9. The molecule has 0 fully saturated rings. The van der Waals surface area contributed by atoms with Gasteiger partial charge >= 0.3 is 0 Å². The number of hydrogen-bond donors (Lipinski definition) is 0. The fraction of sp³-hybridized carbons (Fsp3) is 0.957. The van der Waals surface area contributed by atoms with Crippen LogP contribution in [0.2, 0.25) is 0 Å². The maximum Gasteiger partial charge on any atom is 0.126 e. The smallest absolute Gasteiger partial charge is 0.126 e. The number of hydrogen-bond acceptors (Lipinski definition) is 1. The van der Waals surface area contributed by atoms with Crippen molar-refractivity contribution < 1.29 is 4.79 Å². The highest BCUT2D eigenvalue weighted by atomic mass is 16.1. The number of carbonyl (C=O) groups is 1. The summed E-state index contributed by atoms with van der Waals surface area (Å²) in [5, 5.41) is 0. The van der Waals surface area contributed by atoms with Crippen LogP contribution in [0.1, 0.15) is 134 Å². The van der Waals surface area contributed by atoms with Crippen molar-refractivity contribution in [3.8, 4) is 0 Å². The lowest BCUT2D eigenvalue weighted by molar-refractivity contribution is -0.114. The van der Waals surface area contributed by atoms with Crippen LogP contribution in [0, 0.1) is 11.8 Å². The van der Waals surface area contributed by atoms with E-state index in [0.29, 0.717) is 0 Å². The van der Waals surface area contributed by atoms with Crippen LogP contribution in [0.15, 0.2) is 0 Å². The number of carbonyl (C=O) groups excluding carboxylic acids is 1. The van der Waals surface area contributed by atoms with E-state index in [1.165, 1.54) is 65.2 Å². The van der Waals surface area contributed by atoms with Gasteiger partial charge in [0.2, 0.25) is 0 Å². The molecular formula is C23H54O. The third-order valence-corrected chi connectivity index (χ3v) is 2.95. The second-order valence-corrected chi connectivity index (χ2v) is 6.48. The number of rotatable bonds is 8. The number of ketones is 1. The predicted octanol–water partition coefficient (Wildman–Crippen LogP) is 9.09. The van der Waals surface area contributed by atoms with Crippen molar-refractivity contribution in [1.29, 1.82) is 0 Å². The molecule has 0 aromatic heterocycles. The Morgan fingerprint density at radius 1 is 0.667 bits per heavy atom. The Bertz CT molecular complexity index is 163. The zero-order chi connectivity index (χ0) is 20.4. The van der Waals surface area contributed by atoms with Gasteiger partial charge in [-0.1, -0.05) is 121 Å². The quantitative estimate of drug-likeness (QED) is 0.400. The van der Waals surface area contributed by atoms with Crippen LogP contribution in [0.25, 0.3) is 0 Å². The Kier molecular flexibility index (Phi) is 55.7. The van der Waals surface area contributed by atoms with E-state index in [-0.39, 0.29) is 5.78 Å². The van der Waals surface area contributed by atoms with Crippen LogP contribution < -0.4 is 0 Å². The van der Waals surface area contributed by atoms with Gasteiger partial charge in [-0.25, -0.2) is 0 Å². The van der Waals surface area contributed by atoms with Crippen LogP contribution >= 0.6 is 0 Å².